The molecule has 0 amide bonds. The van der Waals surface area contributed by atoms with Crippen LogP contribution in [0.3, 0.4) is 0 Å². The lowest BCUT2D eigenvalue weighted by atomic mass is 10.1. The Kier molecular flexibility index (Phi) is 3.77. The average molecular weight is 246 g/mol. The third-order valence-electron chi connectivity index (χ3n) is 2.24. The molecule has 0 fully saturated rings. The zero-order valence-electron chi connectivity index (χ0n) is 8.84. The van der Waals surface area contributed by atoms with E-state index in [4.69, 9.17) is 4.55 Å². The molecule has 6 heteroatoms. The minimum atomic E-state index is -4.50. The van der Waals surface area contributed by atoms with Gasteiger partial charge < -0.3 is 10.2 Å². The predicted octanol–water partition coefficient (Wildman–Crippen LogP) is 1.69. The summed E-state index contributed by atoms with van der Waals surface area (Å²) in [6.07, 6.45) is 2.28. The molecule has 1 aromatic carbocycles. The van der Waals surface area contributed by atoms with Gasteiger partial charge in [-0.1, -0.05) is 13.3 Å². The molecule has 90 valence electrons. The van der Waals surface area contributed by atoms with Crippen molar-refractivity contribution in [1.29, 1.82) is 0 Å². The summed E-state index contributed by atoms with van der Waals surface area (Å²) in [5.74, 6) is -0.787. The minimum absolute atomic E-state index is 0.237. The van der Waals surface area contributed by atoms with Gasteiger partial charge >= 0.3 is 0 Å². The Balaban J connectivity index is 3.17. The maximum atomic E-state index is 10.8. The van der Waals surface area contributed by atoms with Gasteiger partial charge in [-0.3, -0.25) is 4.55 Å². The van der Waals surface area contributed by atoms with E-state index in [-0.39, 0.29) is 5.75 Å². The van der Waals surface area contributed by atoms with Gasteiger partial charge in [-0.05, 0) is 24.5 Å². The van der Waals surface area contributed by atoms with Crippen molar-refractivity contribution in [1.82, 2.24) is 0 Å². The van der Waals surface area contributed by atoms with Crippen molar-refractivity contribution in [3.63, 3.8) is 0 Å². The zero-order chi connectivity index (χ0) is 12.3. The molecule has 3 N–H and O–H groups in total. The van der Waals surface area contributed by atoms with E-state index in [2.05, 4.69) is 0 Å². The van der Waals surface area contributed by atoms with Crippen LogP contribution >= 0.6 is 0 Å². The SMILES string of the molecule is CCCCc1cc(O)c(S(=O)(=O)O)cc1O. The van der Waals surface area contributed by atoms with Crippen LogP contribution in [-0.4, -0.2) is 23.2 Å². The van der Waals surface area contributed by atoms with E-state index in [1.165, 1.54) is 0 Å². The third kappa shape index (κ3) is 2.86. The van der Waals surface area contributed by atoms with Crippen molar-refractivity contribution in [3.8, 4) is 11.5 Å². The number of rotatable bonds is 4. The molecule has 16 heavy (non-hydrogen) atoms. The van der Waals surface area contributed by atoms with Crippen LogP contribution in [0.2, 0.25) is 0 Å². The number of phenols is 2. The molecule has 0 saturated heterocycles. The summed E-state index contributed by atoms with van der Waals surface area (Å²) in [5.41, 5.74) is 0.465. The highest BCUT2D eigenvalue weighted by Gasteiger charge is 2.18. The van der Waals surface area contributed by atoms with Crippen LogP contribution in [0, 0.1) is 0 Å². The Bertz CT molecular complexity index is 478. The molecular formula is C10H14O5S. The van der Waals surface area contributed by atoms with Gasteiger partial charge in [0, 0.05) is 6.07 Å². The molecular weight excluding hydrogens is 232 g/mol. The number of aromatic hydroxyl groups is 2. The molecule has 0 aliphatic carbocycles. The molecule has 0 bridgehead atoms. The van der Waals surface area contributed by atoms with Gasteiger partial charge in [0.05, 0.1) is 0 Å². The Morgan fingerprint density at radius 3 is 2.31 bits per heavy atom. The van der Waals surface area contributed by atoms with Gasteiger partial charge in [0.2, 0.25) is 0 Å². The lowest BCUT2D eigenvalue weighted by Crippen LogP contribution is -1.99. The van der Waals surface area contributed by atoms with E-state index in [1.54, 1.807) is 0 Å². The second-order valence-electron chi connectivity index (χ2n) is 3.53. The fourth-order valence-electron chi connectivity index (χ4n) is 1.37. The topological polar surface area (TPSA) is 94.8 Å². The lowest BCUT2D eigenvalue weighted by molar-refractivity contribution is 0.429. The standard InChI is InChI=1S/C10H14O5S/c1-2-3-4-7-5-9(12)10(6-8(7)11)16(13,14)15/h5-6,11-12H,2-4H2,1H3,(H,13,14,15). The first-order valence-electron chi connectivity index (χ1n) is 4.88. The van der Waals surface area contributed by atoms with Crippen LogP contribution in [0.1, 0.15) is 25.3 Å². The second-order valence-corrected chi connectivity index (χ2v) is 4.92. The third-order valence-corrected chi connectivity index (χ3v) is 3.12. The first kappa shape index (κ1) is 12.8. The molecule has 0 saturated carbocycles. The molecule has 0 aliphatic heterocycles. The zero-order valence-corrected chi connectivity index (χ0v) is 9.66. The molecule has 1 rings (SSSR count). The Morgan fingerprint density at radius 1 is 1.19 bits per heavy atom. The maximum Gasteiger partial charge on any atom is 0.298 e. The highest BCUT2D eigenvalue weighted by Crippen LogP contribution is 2.31. The number of hydrogen-bond donors (Lipinski definition) is 3. The minimum Gasteiger partial charge on any atom is -0.508 e. The van der Waals surface area contributed by atoms with Gasteiger partial charge in [0.1, 0.15) is 16.4 Å². The van der Waals surface area contributed by atoms with Gasteiger partial charge in [-0.15, -0.1) is 0 Å². The van der Waals surface area contributed by atoms with E-state index in [0.29, 0.717) is 12.0 Å². The molecule has 5 nitrogen and oxygen atoms in total. The summed E-state index contributed by atoms with van der Waals surface area (Å²) in [6, 6.07) is 2.02. The van der Waals surface area contributed by atoms with Gasteiger partial charge in [-0.25, -0.2) is 0 Å². The quantitative estimate of drug-likeness (QED) is 0.555. The molecule has 0 aromatic heterocycles. The number of unbranched alkanes of at least 4 members (excludes halogenated alkanes) is 1. The van der Waals surface area contributed by atoms with Crippen LogP contribution < -0.4 is 0 Å². The summed E-state index contributed by atoms with van der Waals surface area (Å²) in [4.78, 5) is -0.676. The highest BCUT2D eigenvalue weighted by atomic mass is 32.2. The van der Waals surface area contributed by atoms with Crippen LogP contribution in [0.25, 0.3) is 0 Å². The molecule has 0 spiro atoms. The van der Waals surface area contributed by atoms with Crippen molar-refractivity contribution >= 4 is 10.1 Å². The van der Waals surface area contributed by atoms with Crippen molar-refractivity contribution in [3.05, 3.63) is 17.7 Å². The van der Waals surface area contributed by atoms with Crippen molar-refractivity contribution in [2.75, 3.05) is 0 Å². The number of phenolic OH excluding ortho intramolecular Hbond substituents is 2. The summed E-state index contributed by atoms with van der Waals surface area (Å²) < 4.78 is 30.4. The highest BCUT2D eigenvalue weighted by molar-refractivity contribution is 7.86. The normalized spacial score (nSPS) is 11.6. The molecule has 0 atom stereocenters. The average Bonchev–Trinajstić information content (AvgIpc) is 2.17. The van der Waals surface area contributed by atoms with Crippen molar-refractivity contribution in [2.24, 2.45) is 0 Å². The van der Waals surface area contributed by atoms with Gasteiger partial charge in [-0.2, -0.15) is 8.42 Å². The van der Waals surface area contributed by atoms with Crippen LogP contribution in [-0.2, 0) is 16.5 Å². The summed E-state index contributed by atoms with van der Waals surface area (Å²) in [5, 5.41) is 18.9. The van der Waals surface area contributed by atoms with E-state index in [9.17, 15) is 18.6 Å². The van der Waals surface area contributed by atoms with Crippen molar-refractivity contribution in [2.45, 2.75) is 31.1 Å². The molecule has 0 unspecified atom stereocenters. The smallest absolute Gasteiger partial charge is 0.298 e. The fourth-order valence-corrected chi connectivity index (χ4v) is 1.96. The lowest BCUT2D eigenvalue weighted by Gasteiger charge is -2.07. The Labute approximate surface area is 94.1 Å². The summed E-state index contributed by atoms with van der Waals surface area (Å²) in [7, 11) is -4.50. The number of benzene rings is 1. The van der Waals surface area contributed by atoms with E-state index in [0.717, 1.165) is 25.0 Å². The summed E-state index contributed by atoms with van der Waals surface area (Å²) in [6.45, 7) is 1.98. The van der Waals surface area contributed by atoms with Crippen molar-refractivity contribution < 1.29 is 23.2 Å². The van der Waals surface area contributed by atoms with E-state index >= 15 is 0 Å². The molecule has 0 heterocycles. The number of hydrogen-bond acceptors (Lipinski definition) is 4. The first-order valence-corrected chi connectivity index (χ1v) is 6.32. The first-order chi connectivity index (χ1) is 7.36. The second kappa shape index (κ2) is 4.71. The van der Waals surface area contributed by atoms with Crippen LogP contribution in [0.5, 0.6) is 11.5 Å². The summed E-state index contributed by atoms with van der Waals surface area (Å²) >= 11 is 0. The predicted molar refractivity (Wildman–Crippen MR) is 58.2 cm³/mol. The molecule has 0 radical (unpaired) electrons. The largest absolute Gasteiger partial charge is 0.508 e. The number of aryl methyl sites for hydroxylation is 1. The monoisotopic (exact) mass is 246 g/mol. The van der Waals surface area contributed by atoms with Gasteiger partial charge in [0.25, 0.3) is 10.1 Å². The molecule has 1 aromatic rings. The van der Waals surface area contributed by atoms with Gasteiger partial charge in [0.15, 0.2) is 0 Å². The van der Waals surface area contributed by atoms with E-state index < -0.39 is 20.8 Å². The Hall–Kier alpha value is -1.27. The molecule has 0 aliphatic rings. The fraction of sp³-hybridized carbons (Fsp3) is 0.400. The maximum absolute atomic E-state index is 10.8. The van der Waals surface area contributed by atoms with E-state index in [1.807, 2.05) is 6.92 Å². The van der Waals surface area contributed by atoms with Crippen LogP contribution in [0.4, 0.5) is 0 Å². The van der Waals surface area contributed by atoms with Crippen LogP contribution in [0.15, 0.2) is 17.0 Å². The Morgan fingerprint density at radius 2 is 1.81 bits per heavy atom.